The van der Waals surface area contributed by atoms with E-state index in [2.05, 4.69) is 0 Å². The highest BCUT2D eigenvalue weighted by Gasteiger charge is 2.23. The van der Waals surface area contributed by atoms with Crippen LogP contribution in [-0.4, -0.2) is 13.2 Å². The Morgan fingerprint density at radius 3 is 2.88 bits per heavy atom. The Balaban J connectivity index is 2.26. The highest BCUT2D eigenvalue weighted by atomic mass is 19.1. The molecule has 1 fully saturated rings. The third-order valence-corrected chi connectivity index (χ3v) is 3.35. The molecule has 0 radical (unpaired) electrons. The number of halogens is 1. The molecule has 1 aromatic carbocycles. The van der Waals surface area contributed by atoms with Crippen LogP contribution in [0.5, 0.6) is 5.75 Å². The maximum Gasteiger partial charge on any atom is 0.123 e. The first kappa shape index (κ1) is 11.4. The summed E-state index contributed by atoms with van der Waals surface area (Å²) in [5, 5.41) is 0. The molecule has 2 unspecified atom stereocenters. The number of nitrogens with two attached hydrogens (primary N) is 1. The molecule has 2 N–H and O–H groups in total. The molecule has 0 heterocycles. The molecule has 1 aliphatic carbocycles. The van der Waals surface area contributed by atoms with E-state index in [9.17, 15) is 4.39 Å². The third-order valence-electron chi connectivity index (χ3n) is 3.35. The van der Waals surface area contributed by atoms with E-state index in [1.54, 1.807) is 19.2 Å². The molecule has 88 valence electrons. The van der Waals surface area contributed by atoms with E-state index < -0.39 is 0 Å². The van der Waals surface area contributed by atoms with Crippen molar-refractivity contribution >= 4 is 0 Å². The summed E-state index contributed by atoms with van der Waals surface area (Å²) in [5.74, 6) is 0.921. The van der Waals surface area contributed by atoms with Crippen LogP contribution in [0.3, 0.4) is 0 Å². The lowest BCUT2D eigenvalue weighted by Gasteiger charge is -2.28. The topological polar surface area (TPSA) is 35.2 Å². The highest BCUT2D eigenvalue weighted by molar-refractivity contribution is 5.37. The lowest BCUT2D eigenvalue weighted by Crippen LogP contribution is -2.27. The fourth-order valence-electron chi connectivity index (χ4n) is 2.53. The van der Waals surface area contributed by atoms with Gasteiger partial charge in [-0.05, 0) is 43.4 Å². The normalized spacial score (nSPS) is 25.4. The summed E-state index contributed by atoms with van der Waals surface area (Å²) in [4.78, 5) is 0. The van der Waals surface area contributed by atoms with Crippen molar-refractivity contribution in [3.05, 3.63) is 29.6 Å². The molecule has 0 saturated heterocycles. The van der Waals surface area contributed by atoms with Crippen molar-refractivity contribution in [1.29, 1.82) is 0 Å². The minimum atomic E-state index is -0.199. The van der Waals surface area contributed by atoms with Crippen molar-refractivity contribution in [3.63, 3.8) is 0 Å². The van der Waals surface area contributed by atoms with Gasteiger partial charge >= 0.3 is 0 Å². The summed E-state index contributed by atoms with van der Waals surface area (Å²) in [6, 6.07) is 4.96. The Bertz CT molecular complexity index is 367. The van der Waals surface area contributed by atoms with Crippen molar-refractivity contribution in [2.45, 2.75) is 37.6 Å². The molecular weight excluding hydrogens is 205 g/mol. The Kier molecular flexibility index (Phi) is 3.44. The van der Waals surface area contributed by atoms with Crippen molar-refractivity contribution in [2.75, 3.05) is 7.11 Å². The van der Waals surface area contributed by atoms with Gasteiger partial charge in [-0.2, -0.15) is 0 Å². The molecule has 2 atom stereocenters. The fourth-order valence-corrected chi connectivity index (χ4v) is 2.53. The van der Waals surface area contributed by atoms with Crippen LogP contribution in [0.2, 0.25) is 0 Å². The van der Waals surface area contributed by atoms with E-state index in [1.807, 2.05) is 0 Å². The Morgan fingerprint density at radius 2 is 2.19 bits per heavy atom. The Morgan fingerprint density at radius 1 is 1.38 bits per heavy atom. The zero-order chi connectivity index (χ0) is 11.5. The van der Waals surface area contributed by atoms with E-state index in [0.717, 1.165) is 37.0 Å². The van der Waals surface area contributed by atoms with Gasteiger partial charge in [-0.1, -0.05) is 6.42 Å². The third kappa shape index (κ3) is 2.35. The van der Waals surface area contributed by atoms with Gasteiger partial charge in [0, 0.05) is 11.6 Å². The van der Waals surface area contributed by atoms with Gasteiger partial charge in [0.25, 0.3) is 0 Å². The number of hydrogen-bond donors (Lipinski definition) is 1. The number of ether oxygens (including phenoxy) is 1. The highest BCUT2D eigenvalue weighted by Crippen LogP contribution is 2.37. The van der Waals surface area contributed by atoms with Gasteiger partial charge in [0.2, 0.25) is 0 Å². The van der Waals surface area contributed by atoms with E-state index in [4.69, 9.17) is 10.5 Å². The zero-order valence-corrected chi connectivity index (χ0v) is 9.58. The molecular formula is C13H18FNO. The Hall–Kier alpha value is -1.09. The number of rotatable bonds is 2. The number of methoxy groups -OCH3 is 1. The fraction of sp³-hybridized carbons (Fsp3) is 0.538. The van der Waals surface area contributed by atoms with Gasteiger partial charge in [0.1, 0.15) is 11.6 Å². The molecule has 2 rings (SSSR count). The molecule has 1 aromatic rings. The summed E-state index contributed by atoms with van der Waals surface area (Å²) in [5.41, 5.74) is 6.93. The van der Waals surface area contributed by atoms with E-state index in [-0.39, 0.29) is 11.9 Å². The molecule has 1 saturated carbocycles. The molecule has 0 aromatic heterocycles. The van der Waals surface area contributed by atoms with Crippen molar-refractivity contribution in [1.82, 2.24) is 0 Å². The van der Waals surface area contributed by atoms with Gasteiger partial charge in [-0.25, -0.2) is 4.39 Å². The van der Waals surface area contributed by atoms with Crippen LogP contribution in [0.25, 0.3) is 0 Å². The molecule has 16 heavy (non-hydrogen) atoms. The maximum absolute atomic E-state index is 13.2. The standard InChI is InChI=1S/C13H18FNO/c1-16-13-6-5-10(14)8-12(13)9-3-2-4-11(15)7-9/h5-6,8-9,11H,2-4,7,15H2,1H3. The van der Waals surface area contributed by atoms with Gasteiger partial charge in [-0.3, -0.25) is 0 Å². The largest absolute Gasteiger partial charge is 0.496 e. The first-order chi connectivity index (χ1) is 7.70. The average molecular weight is 223 g/mol. The second kappa shape index (κ2) is 4.83. The average Bonchev–Trinajstić information content (AvgIpc) is 2.29. The first-order valence-electron chi connectivity index (χ1n) is 5.79. The van der Waals surface area contributed by atoms with Crippen LogP contribution >= 0.6 is 0 Å². The summed E-state index contributed by atoms with van der Waals surface area (Å²) in [6.45, 7) is 0. The maximum atomic E-state index is 13.2. The van der Waals surface area contributed by atoms with Crippen molar-refractivity contribution < 1.29 is 9.13 Å². The first-order valence-corrected chi connectivity index (χ1v) is 5.79. The number of benzene rings is 1. The van der Waals surface area contributed by atoms with Crippen LogP contribution in [0.15, 0.2) is 18.2 Å². The van der Waals surface area contributed by atoms with Crippen molar-refractivity contribution in [2.24, 2.45) is 5.73 Å². The van der Waals surface area contributed by atoms with Gasteiger partial charge in [-0.15, -0.1) is 0 Å². The zero-order valence-electron chi connectivity index (χ0n) is 9.58. The summed E-state index contributed by atoms with van der Waals surface area (Å²) >= 11 is 0. The second-order valence-electron chi connectivity index (χ2n) is 4.51. The summed E-state index contributed by atoms with van der Waals surface area (Å²) in [6.07, 6.45) is 4.20. The van der Waals surface area contributed by atoms with Gasteiger partial charge in [0.05, 0.1) is 7.11 Å². The monoisotopic (exact) mass is 223 g/mol. The quantitative estimate of drug-likeness (QED) is 0.836. The molecule has 0 aliphatic heterocycles. The molecule has 1 aliphatic rings. The number of hydrogen-bond acceptors (Lipinski definition) is 2. The van der Waals surface area contributed by atoms with Crippen LogP contribution in [0.1, 0.15) is 37.2 Å². The van der Waals surface area contributed by atoms with Crippen LogP contribution in [0.4, 0.5) is 4.39 Å². The molecule has 3 heteroatoms. The smallest absolute Gasteiger partial charge is 0.123 e. The summed E-state index contributed by atoms with van der Waals surface area (Å²) in [7, 11) is 1.62. The van der Waals surface area contributed by atoms with Crippen LogP contribution in [-0.2, 0) is 0 Å². The van der Waals surface area contributed by atoms with E-state index >= 15 is 0 Å². The van der Waals surface area contributed by atoms with Crippen molar-refractivity contribution in [3.8, 4) is 5.75 Å². The lowest BCUT2D eigenvalue weighted by molar-refractivity contribution is 0.366. The summed E-state index contributed by atoms with van der Waals surface area (Å²) < 4.78 is 18.5. The van der Waals surface area contributed by atoms with Crippen LogP contribution < -0.4 is 10.5 Å². The molecule has 0 spiro atoms. The molecule has 0 bridgehead atoms. The molecule has 0 amide bonds. The van der Waals surface area contributed by atoms with Gasteiger partial charge in [0.15, 0.2) is 0 Å². The minimum absolute atomic E-state index is 0.199. The van der Waals surface area contributed by atoms with Crippen LogP contribution in [0, 0.1) is 5.82 Å². The predicted octanol–water partition coefficient (Wildman–Crippen LogP) is 2.82. The lowest BCUT2D eigenvalue weighted by atomic mass is 9.81. The second-order valence-corrected chi connectivity index (χ2v) is 4.51. The predicted molar refractivity (Wildman–Crippen MR) is 62.1 cm³/mol. The van der Waals surface area contributed by atoms with E-state index in [1.165, 1.54) is 6.07 Å². The molecule has 2 nitrogen and oxygen atoms in total. The SMILES string of the molecule is COc1ccc(F)cc1C1CCCC(N)C1. The minimum Gasteiger partial charge on any atom is -0.496 e. The van der Waals surface area contributed by atoms with Gasteiger partial charge < -0.3 is 10.5 Å². The van der Waals surface area contributed by atoms with E-state index in [0.29, 0.717) is 5.92 Å². The Labute approximate surface area is 95.6 Å².